The number of carbonyl (C=O) groups excluding carboxylic acids is 2. The number of alkyl halides is 1. The minimum Gasteiger partial charge on any atom is -0.455 e. The molecule has 1 aliphatic carbocycles. The summed E-state index contributed by atoms with van der Waals surface area (Å²) in [5.74, 6) is -1.26. The largest absolute Gasteiger partial charge is 0.455 e. The first kappa shape index (κ1) is 13.3. The molecule has 0 spiro atoms. The number of hydrogen-bond donors (Lipinski definition) is 0. The van der Waals surface area contributed by atoms with Gasteiger partial charge in [0.1, 0.15) is 11.2 Å². The number of rotatable bonds is 2. The summed E-state index contributed by atoms with van der Waals surface area (Å²) in [6.45, 7) is 5.79. The van der Waals surface area contributed by atoms with Crippen molar-refractivity contribution in [3.63, 3.8) is 0 Å². The van der Waals surface area contributed by atoms with Crippen LogP contribution in [0.15, 0.2) is 0 Å². The maximum absolute atomic E-state index is 13.6. The van der Waals surface area contributed by atoms with E-state index in [4.69, 9.17) is 9.47 Å². The molecule has 0 aromatic rings. The van der Waals surface area contributed by atoms with Crippen molar-refractivity contribution in [1.29, 1.82) is 0 Å². The molecule has 3 atom stereocenters. The summed E-state index contributed by atoms with van der Waals surface area (Å²) in [4.78, 5) is 23.3. The van der Waals surface area contributed by atoms with E-state index >= 15 is 0 Å². The highest BCUT2D eigenvalue weighted by Crippen LogP contribution is 2.50. The zero-order chi connectivity index (χ0) is 13.8. The monoisotopic (exact) mass is 258 g/mol. The Morgan fingerprint density at radius 2 is 2.11 bits per heavy atom. The van der Waals surface area contributed by atoms with Gasteiger partial charge in [-0.1, -0.05) is 0 Å². The number of ether oxygens (including phenoxy) is 2. The van der Waals surface area contributed by atoms with E-state index in [0.29, 0.717) is 19.3 Å². The van der Waals surface area contributed by atoms with E-state index in [9.17, 15) is 14.0 Å². The van der Waals surface area contributed by atoms with Gasteiger partial charge in [-0.2, -0.15) is 0 Å². The van der Waals surface area contributed by atoms with E-state index < -0.39 is 22.8 Å². The Kier molecular flexibility index (Phi) is 2.72. The van der Waals surface area contributed by atoms with Gasteiger partial charge in [0.15, 0.2) is 0 Å². The lowest BCUT2D eigenvalue weighted by Crippen LogP contribution is -2.55. The normalized spacial score (nSPS) is 39.4. The first-order valence-electron chi connectivity index (χ1n) is 6.23. The van der Waals surface area contributed by atoms with Crippen molar-refractivity contribution < 1.29 is 23.5 Å². The molecule has 1 saturated heterocycles. The molecular weight excluding hydrogens is 239 g/mol. The van der Waals surface area contributed by atoms with Crippen LogP contribution >= 0.6 is 0 Å². The lowest BCUT2D eigenvalue weighted by molar-refractivity contribution is -0.205. The second kappa shape index (κ2) is 3.68. The van der Waals surface area contributed by atoms with Gasteiger partial charge >= 0.3 is 11.9 Å². The topological polar surface area (TPSA) is 52.6 Å². The van der Waals surface area contributed by atoms with E-state index in [1.54, 1.807) is 13.8 Å². The van der Waals surface area contributed by atoms with Crippen LogP contribution in [0.25, 0.3) is 0 Å². The smallest absolute Gasteiger partial charge is 0.343 e. The molecule has 2 fully saturated rings. The van der Waals surface area contributed by atoms with E-state index in [-0.39, 0.29) is 11.9 Å². The molecule has 0 aromatic heterocycles. The van der Waals surface area contributed by atoms with Crippen molar-refractivity contribution in [3.05, 3.63) is 0 Å². The quantitative estimate of drug-likeness (QED) is 0.712. The van der Waals surface area contributed by atoms with E-state index in [1.165, 1.54) is 0 Å². The van der Waals surface area contributed by atoms with Crippen LogP contribution in [0.2, 0.25) is 0 Å². The van der Waals surface area contributed by atoms with Crippen LogP contribution in [0, 0.1) is 5.92 Å². The molecule has 1 saturated carbocycles. The molecule has 1 heterocycles. The third-order valence-corrected chi connectivity index (χ3v) is 4.19. The fourth-order valence-corrected chi connectivity index (χ4v) is 2.64. The Labute approximate surface area is 106 Å². The molecule has 3 unspecified atom stereocenters. The minimum atomic E-state index is -2.04. The van der Waals surface area contributed by atoms with Crippen molar-refractivity contribution in [3.8, 4) is 0 Å². The maximum Gasteiger partial charge on any atom is 0.343 e. The summed E-state index contributed by atoms with van der Waals surface area (Å²) in [7, 11) is 0. The fraction of sp³-hybridized carbons (Fsp3) is 0.846. The first-order valence-corrected chi connectivity index (χ1v) is 6.23. The van der Waals surface area contributed by atoms with Gasteiger partial charge in [0.25, 0.3) is 0 Å². The predicted molar refractivity (Wildman–Crippen MR) is 61.5 cm³/mol. The minimum absolute atomic E-state index is 0.111. The number of halogens is 1. The van der Waals surface area contributed by atoms with Crippen LogP contribution in [-0.4, -0.2) is 28.8 Å². The molecule has 2 aliphatic rings. The molecular formula is C13H19FO4. The van der Waals surface area contributed by atoms with Crippen LogP contribution in [0.5, 0.6) is 0 Å². The van der Waals surface area contributed by atoms with E-state index in [0.717, 1.165) is 13.8 Å². The fourth-order valence-electron chi connectivity index (χ4n) is 2.64. The van der Waals surface area contributed by atoms with Gasteiger partial charge in [-0.15, -0.1) is 0 Å². The third-order valence-electron chi connectivity index (χ3n) is 4.19. The van der Waals surface area contributed by atoms with Crippen molar-refractivity contribution in [2.45, 2.75) is 63.8 Å². The van der Waals surface area contributed by atoms with Crippen molar-refractivity contribution in [2.75, 3.05) is 0 Å². The number of hydrogen-bond acceptors (Lipinski definition) is 4. The standard InChI is InChI=1S/C13H19FO4/c1-11(2,14)10(16)18-12(3)6-5-8-7-13(12,4)17-9(8)15/h8H,5-7H2,1-4H3. The van der Waals surface area contributed by atoms with Gasteiger partial charge in [0, 0.05) is 6.42 Å². The Bertz CT molecular complexity index is 400. The Balaban J connectivity index is 2.21. The molecule has 0 amide bonds. The molecule has 5 heteroatoms. The number of esters is 2. The predicted octanol–water partition coefficient (Wildman–Crippen LogP) is 2.15. The SMILES string of the molecule is CC(C)(F)C(=O)OC1(C)CCC2CC1(C)OC2=O. The van der Waals surface area contributed by atoms with Gasteiger partial charge in [-0.3, -0.25) is 4.79 Å². The molecule has 2 rings (SSSR count). The highest BCUT2D eigenvalue weighted by molar-refractivity contribution is 5.80. The third kappa shape index (κ3) is 1.89. The lowest BCUT2D eigenvalue weighted by Gasteiger charge is -2.44. The zero-order valence-electron chi connectivity index (χ0n) is 11.2. The van der Waals surface area contributed by atoms with E-state index in [1.807, 2.05) is 0 Å². The maximum atomic E-state index is 13.6. The number of fused-ring (bicyclic) bond motifs is 2. The van der Waals surface area contributed by atoms with Gasteiger partial charge in [0.05, 0.1) is 5.92 Å². The average Bonchev–Trinajstić information content (AvgIpc) is 2.46. The summed E-state index contributed by atoms with van der Waals surface area (Å²) < 4.78 is 24.3. The van der Waals surface area contributed by atoms with Crippen LogP contribution in [0.1, 0.15) is 47.0 Å². The zero-order valence-corrected chi connectivity index (χ0v) is 11.2. The van der Waals surface area contributed by atoms with Crippen molar-refractivity contribution >= 4 is 11.9 Å². The van der Waals surface area contributed by atoms with Crippen LogP contribution in [0.4, 0.5) is 4.39 Å². The van der Waals surface area contributed by atoms with Gasteiger partial charge in [-0.05, 0) is 40.5 Å². The highest BCUT2D eigenvalue weighted by atomic mass is 19.1. The molecule has 4 nitrogen and oxygen atoms in total. The Morgan fingerprint density at radius 3 is 2.67 bits per heavy atom. The van der Waals surface area contributed by atoms with Crippen molar-refractivity contribution in [2.24, 2.45) is 5.92 Å². The molecule has 0 aromatic carbocycles. The average molecular weight is 258 g/mol. The Hall–Kier alpha value is -1.13. The molecule has 0 radical (unpaired) electrons. The number of carbonyl (C=O) groups is 2. The van der Waals surface area contributed by atoms with Crippen LogP contribution < -0.4 is 0 Å². The summed E-state index contributed by atoms with van der Waals surface area (Å²) in [6, 6.07) is 0. The van der Waals surface area contributed by atoms with Gasteiger partial charge in [0.2, 0.25) is 5.67 Å². The van der Waals surface area contributed by atoms with Gasteiger partial charge < -0.3 is 9.47 Å². The van der Waals surface area contributed by atoms with Gasteiger partial charge in [-0.25, -0.2) is 9.18 Å². The van der Waals surface area contributed by atoms with E-state index in [2.05, 4.69) is 0 Å². The second-order valence-corrected chi connectivity index (χ2v) is 6.18. The Morgan fingerprint density at radius 1 is 1.50 bits per heavy atom. The second-order valence-electron chi connectivity index (χ2n) is 6.18. The lowest BCUT2D eigenvalue weighted by atomic mass is 9.71. The van der Waals surface area contributed by atoms with Crippen molar-refractivity contribution in [1.82, 2.24) is 0 Å². The van der Waals surface area contributed by atoms with Crippen LogP contribution in [-0.2, 0) is 19.1 Å². The first-order chi connectivity index (χ1) is 8.07. The molecule has 18 heavy (non-hydrogen) atoms. The molecule has 102 valence electrons. The highest BCUT2D eigenvalue weighted by Gasteiger charge is 2.61. The molecule has 2 bridgehead atoms. The molecule has 0 N–H and O–H groups in total. The molecule has 1 aliphatic heterocycles. The van der Waals surface area contributed by atoms with Crippen LogP contribution in [0.3, 0.4) is 0 Å². The summed E-state index contributed by atoms with van der Waals surface area (Å²) >= 11 is 0. The summed E-state index contributed by atoms with van der Waals surface area (Å²) in [5, 5.41) is 0. The summed E-state index contributed by atoms with van der Waals surface area (Å²) in [5.41, 5.74) is -3.83. The summed E-state index contributed by atoms with van der Waals surface area (Å²) in [6.07, 6.45) is 1.66.